The second-order valence-corrected chi connectivity index (χ2v) is 8.83. The van der Waals surface area contributed by atoms with Crippen molar-refractivity contribution < 1.29 is 9.53 Å². The molecule has 0 radical (unpaired) electrons. The van der Waals surface area contributed by atoms with Crippen LogP contribution in [0.1, 0.15) is 35.1 Å². The van der Waals surface area contributed by atoms with E-state index < -0.39 is 0 Å². The summed E-state index contributed by atoms with van der Waals surface area (Å²) in [5, 5.41) is 5.39. The summed E-state index contributed by atoms with van der Waals surface area (Å²) in [7, 11) is 1.84. The minimum Gasteiger partial charge on any atom is -0.482 e. The first-order chi connectivity index (χ1) is 15.1. The summed E-state index contributed by atoms with van der Waals surface area (Å²) in [6, 6.07) is 17.6. The van der Waals surface area contributed by atoms with E-state index in [2.05, 4.69) is 61.5 Å². The van der Waals surface area contributed by atoms with Crippen molar-refractivity contribution in [2.24, 2.45) is 0 Å². The first-order valence-electron chi connectivity index (χ1n) is 11.1. The number of benzene rings is 3. The van der Waals surface area contributed by atoms with Crippen LogP contribution in [0.25, 0.3) is 11.6 Å². The molecule has 3 heteroatoms. The highest BCUT2D eigenvalue weighted by molar-refractivity contribution is 5.98. The maximum Gasteiger partial charge on any atom is 0.264 e. The number of hydrogen-bond acceptors (Lipinski definition) is 2. The Morgan fingerprint density at radius 3 is 2.68 bits per heavy atom. The van der Waals surface area contributed by atoms with Gasteiger partial charge in [0.25, 0.3) is 5.91 Å². The molecule has 0 aromatic heterocycles. The molecule has 6 rings (SSSR count). The van der Waals surface area contributed by atoms with Gasteiger partial charge in [0, 0.05) is 7.05 Å². The van der Waals surface area contributed by atoms with Crippen molar-refractivity contribution in [2.75, 3.05) is 18.6 Å². The Balaban J connectivity index is 1.68. The van der Waals surface area contributed by atoms with Crippen LogP contribution < -0.4 is 20.1 Å². The fraction of sp³-hybridized carbons (Fsp3) is 0.250. The van der Waals surface area contributed by atoms with Crippen LogP contribution in [0.2, 0.25) is 0 Å². The molecule has 0 spiro atoms. The van der Waals surface area contributed by atoms with E-state index in [1.165, 1.54) is 61.5 Å². The van der Waals surface area contributed by atoms with Gasteiger partial charge in [0.05, 0.1) is 5.69 Å². The van der Waals surface area contributed by atoms with Gasteiger partial charge in [-0.25, -0.2) is 0 Å². The molecule has 0 saturated heterocycles. The van der Waals surface area contributed by atoms with Gasteiger partial charge in [0.1, 0.15) is 5.75 Å². The molecule has 0 unspecified atom stereocenters. The van der Waals surface area contributed by atoms with Gasteiger partial charge in [-0.3, -0.25) is 4.79 Å². The molecule has 3 aliphatic rings. The van der Waals surface area contributed by atoms with Gasteiger partial charge in [0.2, 0.25) is 0 Å². The van der Waals surface area contributed by atoms with Gasteiger partial charge in [-0.15, -0.1) is 0 Å². The Bertz CT molecular complexity index is 1480. The van der Waals surface area contributed by atoms with Crippen molar-refractivity contribution in [1.29, 1.82) is 0 Å². The van der Waals surface area contributed by atoms with Crippen LogP contribution in [0.4, 0.5) is 5.69 Å². The summed E-state index contributed by atoms with van der Waals surface area (Å²) < 4.78 is 5.72. The van der Waals surface area contributed by atoms with Crippen LogP contribution in [-0.4, -0.2) is 19.6 Å². The molecule has 2 aliphatic carbocycles. The average molecular weight is 408 g/mol. The highest BCUT2D eigenvalue weighted by atomic mass is 16.5. The summed E-state index contributed by atoms with van der Waals surface area (Å²) >= 11 is 0. The highest BCUT2D eigenvalue weighted by Gasteiger charge is 2.25. The first-order valence-corrected chi connectivity index (χ1v) is 11.1. The lowest BCUT2D eigenvalue weighted by atomic mass is 9.83. The lowest BCUT2D eigenvalue weighted by molar-refractivity contribution is -0.120. The number of rotatable bonds is 1. The van der Waals surface area contributed by atoms with Crippen LogP contribution >= 0.6 is 0 Å². The van der Waals surface area contributed by atoms with Gasteiger partial charge in [-0.05, 0) is 93.4 Å². The number of likely N-dealkylation sites (N-methyl/N-ethyl adjacent to an activating group) is 1. The number of ether oxygens (including phenoxy) is 1. The molecule has 3 aromatic carbocycles. The molecule has 0 saturated carbocycles. The molecule has 0 atom stereocenters. The number of carbonyl (C=O) groups is 1. The Kier molecular flexibility index (Phi) is 4.07. The Labute approximate surface area is 181 Å². The molecule has 3 aromatic rings. The Morgan fingerprint density at radius 1 is 0.968 bits per heavy atom. The summed E-state index contributed by atoms with van der Waals surface area (Å²) in [4.78, 5) is 14.0. The molecule has 1 amide bonds. The predicted octanol–water partition coefficient (Wildman–Crippen LogP) is 3.51. The van der Waals surface area contributed by atoms with Gasteiger partial charge in [0.15, 0.2) is 6.61 Å². The smallest absolute Gasteiger partial charge is 0.264 e. The van der Waals surface area contributed by atoms with Gasteiger partial charge >= 0.3 is 0 Å². The first kappa shape index (κ1) is 18.4. The van der Waals surface area contributed by atoms with E-state index in [1.54, 1.807) is 4.90 Å². The molecule has 0 N–H and O–H groups in total. The fourth-order valence-electron chi connectivity index (χ4n) is 5.43. The molecular weight excluding hydrogens is 382 g/mol. The summed E-state index contributed by atoms with van der Waals surface area (Å²) in [6.45, 7) is 2.26. The Hall–Kier alpha value is -3.33. The molecule has 0 fully saturated rings. The number of carbonyl (C=O) groups excluding carboxylic acids is 1. The van der Waals surface area contributed by atoms with E-state index in [9.17, 15) is 4.79 Å². The Morgan fingerprint density at radius 2 is 1.81 bits per heavy atom. The number of fused-ring (bicyclic) bond motifs is 5. The third-order valence-corrected chi connectivity index (χ3v) is 7.08. The zero-order chi connectivity index (χ0) is 21.1. The predicted molar refractivity (Wildman–Crippen MR) is 124 cm³/mol. The van der Waals surface area contributed by atoms with Gasteiger partial charge in [-0.1, -0.05) is 42.5 Å². The van der Waals surface area contributed by atoms with Crippen LogP contribution in [0.15, 0.2) is 48.5 Å². The van der Waals surface area contributed by atoms with Crippen LogP contribution in [0.5, 0.6) is 5.75 Å². The molecule has 0 bridgehead atoms. The molecule has 154 valence electrons. The van der Waals surface area contributed by atoms with Crippen molar-refractivity contribution in [3.05, 3.63) is 91.7 Å². The second kappa shape index (κ2) is 6.84. The SMILES string of the molecule is Cc1cc2c(cc1C1=c3ccccc3=c3ccc4c(c3C1)CCCC=4)N(C)C(=O)CO2. The maximum absolute atomic E-state index is 12.2. The molecule has 1 aliphatic heterocycles. The van der Waals surface area contributed by atoms with Gasteiger partial charge in [-0.2, -0.15) is 0 Å². The highest BCUT2D eigenvalue weighted by Crippen LogP contribution is 2.37. The third-order valence-electron chi connectivity index (χ3n) is 7.08. The van der Waals surface area contributed by atoms with Crippen molar-refractivity contribution in [3.63, 3.8) is 0 Å². The van der Waals surface area contributed by atoms with E-state index in [0.29, 0.717) is 0 Å². The van der Waals surface area contributed by atoms with Crippen molar-refractivity contribution in [2.45, 2.75) is 32.6 Å². The topological polar surface area (TPSA) is 29.5 Å². The van der Waals surface area contributed by atoms with E-state index in [1.807, 2.05) is 7.05 Å². The number of anilines is 1. The molecule has 3 nitrogen and oxygen atoms in total. The fourth-order valence-corrected chi connectivity index (χ4v) is 5.43. The molecular formula is C28H25NO2. The van der Waals surface area contributed by atoms with Gasteiger partial charge < -0.3 is 9.64 Å². The quantitative estimate of drug-likeness (QED) is 0.618. The largest absolute Gasteiger partial charge is 0.482 e. The van der Waals surface area contributed by atoms with Crippen LogP contribution in [-0.2, 0) is 17.6 Å². The van der Waals surface area contributed by atoms with E-state index in [4.69, 9.17) is 4.74 Å². The normalized spacial score (nSPS) is 16.5. The third kappa shape index (κ3) is 2.76. The lowest BCUT2D eigenvalue weighted by Gasteiger charge is -2.28. The summed E-state index contributed by atoms with van der Waals surface area (Å²) in [5.74, 6) is 0.784. The standard InChI is InChI=1S/C28H25NO2/c1-17-13-27-26(29(2)28(30)16-31-27)15-23(17)25-14-24-19-8-4-3-7-18(19)11-12-22(24)20-9-5-6-10-21(20)25/h5-7,9-13,15H,3-4,8,14,16H2,1-2H3. The number of nitrogens with zero attached hydrogens (tertiary/aromatic N) is 1. The summed E-state index contributed by atoms with van der Waals surface area (Å²) in [6.07, 6.45) is 6.85. The number of hydrogen-bond donors (Lipinski definition) is 0. The zero-order valence-electron chi connectivity index (χ0n) is 18.0. The minimum atomic E-state index is -0.00806. The lowest BCUT2D eigenvalue weighted by Crippen LogP contribution is -2.35. The van der Waals surface area contributed by atoms with Crippen LogP contribution in [0.3, 0.4) is 0 Å². The van der Waals surface area contributed by atoms with E-state index in [-0.39, 0.29) is 12.5 Å². The van der Waals surface area contributed by atoms with Crippen molar-refractivity contribution in [3.8, 4) is 5.75 Å². The van der Waals surface area contributed by atoms with E-state index in [0.717, 1.165) is 24.3 Å². The zero-order valence-corrected chi connectivity index (χ0v) is 18.0. The van der Waals surface area contributed by atoms with E-state index >= 15 is 0 Å². The second-order valence-electron chi connectivity index (χ2n) is 8.83. The monoisotopic (exact) mass is 407 g/mol. The van der Waals surface area contributed by atoms with Crippen molar-refractivity contribution >= 4 is 23.2 Å². The molecule has 1 heterocycles. The number of amides is 1. The van der Waals surface area contributed by atoms with Crippen molar-refractivity contribution in [1.82, 2.24) is 0 Å². The van der Waals surface area contributed by atoms with Crippen LogP contribution in [0, 0.1) is 17.4 Å². The maximum atomic E-state index is 12.2. The summed E-state index contributed by atoms with van der Waals surface area (Å²) in [5.41, 5.74) is 7.58. The average Bonchev–Trinajstić information content (AvgIpc) is 2.80. The molecule has 31 heavy (non-hydrogen) atoms. The minimum absolute atomic E-state index is 0.00806. The number of aryl methyl sites for hydroxylation is 1.